The lowest BCUT2D eigenvalue weighted by molar-refractivity contribution is 0.0688. The third kappa shape index (κ3) is 4.59. The fourth-order valence-electron chi connectivity index (χ4n) is 2.25. The van der Waals surface area contributed by atoms with E-state index in [0.29, 0.717) is 24.6 Å². The zero-order chi connectivity index (χ0) is 15.0. The molecule has 114 valence electrons. The summed E-state index contributed by atoms with van der Waals surface area (Å²) in [6.07, 6.45) is 5.08. The van der Waals surface area contributed by atoms with Gasteiger partial charge in [-0.3, -0.25) is 0 Å². The van der Waals surface area contributed by atoms with Crippen LogP contribution in [0, 0.1) is 5.92 Å². The fraction of sp³-hybridized carbons (Fsp3) is 0.786. The first-order valence-electron chi connectivity index (χ1n) is 7.28. The highest BCUT2D eigenvalue weighted by Crippen LogP contribution is 2.17. The quantitative estimate of drug-likeness (QED) is 0.713. The van der Waals surface area contributed by atoms with E-state index >= 15 is 0 Å². The molecule has 1 rings (SSSR count). The summed E-state index contributed by atoms with van der Waals surface area (Å²) in [6.45, 7) is 5.54. The van der Waals surface area contributed by atoms with Gasteiger partial charge >= 0.3 is 5.97 Å². The number of nitrogens with zero attached hydrogens (tertiary/aromatic N) is 3. The first-order valence-corrected chi connectivity index (χ1v) is 7.28. The third-order valence-corrected chi connectivity index (χ3v) is 3.56. The standard InChI is InChI=1S/C14H25N3O3/c1-4-6-7-11(5-2)10-17-12(8-9-20-3)13(14(18)19)15-16-17/h11H,4-10H2,1-3H3,(H,18,19). The number of carboxylic acids is 1. The molecule has 1 aromatic rings. The van der Waals surface area contributed by atoms with Crippen molar-refractivity contribution in [3.05, 3.63) is 11.4 Å². The Morgan fingerprint density at radius 3 is 2.75 bits per heavy atom. The monoisotopic (exact) mass is 283 g/mol. The molecule has 1 atom stereocenters. The van der Waals surface area contributed by atoms with Gasteiger partial charge in [-0.2, -0.15) is 0 Å². The highest BCUT2D eigenvalue weighted by atomic mass is 16.5. The molecule has 0 aromatic carbocycles. The molecule has 0 fully saturated rings. The molecule has 1 unspecified atom stereocenters. The summed E-state index contributed by atoms with van der Waals surface area (Å²) in [4.78, 5) is 11.2. The predicted octanol–water partition coefficient (Wildman–Crippen LogP) is 2.38. The first-order chi connectivity index (χ1) is 9.63. The van der Waals surface area contributed by atoms with Gasteiger partial charge in [-0.15, -0.1) is 5.10 Å². The summed E-state index contributed by atoms with van der Waals surface area (Å²) in [7, 11) is 1.60. The lowest BCUT2D eigenvalue weighted by atomic mass is 9.99. The molecule has 20 heavy (non-hydrogen) atoms. The number of hydrogen-bond donors (Lipinski definition) is 1. The van der Waals surface area contributed by atoms with Crippen LogP contribution in [0.3, 0.4) is 0 Å². The van der Waals surface area contributed by atoms with Crippen molar-refractivity contribution in [1.82, 2.24) is 15.0 Å². The summed E-state index contributed by atoms with van der Waals surface area (Å²) < 4.78 is 6.78. The van der Waals surface area contributed by atoms with Crippen molar-refractivity contribution in [2.75, 3.05) is 13.7 Å². The number of unbranched alkanes of at least 4 members (excludes halogenated alkanes) is 1. The van der Waals surface area contributed by atoms with E-state index in [2.05, 4.69) is 24.2 Å². The highest BCUT2D eigenvalue weighted by Gasteiger charge is 2.20. The Hall–Kier alpha value is -1.43. The largest absolute Gasteiger partial charge is 0.476 e. The molecule has 0 bridgehead atoms. The van der Waals surface area contributed by atoms with Crippen molar-refractivity contribution in [2.24, 2.45) is 5.92 Å². The molecule has 1 heterocycles. The van der Waals surface area contributed by atoms with Crippen molar-refractivity contribution in [2.45, 2.75) is 52.5 Å². The number of carbonyl (C=O) groups is 1. The topological polar surface area (TPSA) is 77.2 Å². The number of aromatic carboxylic acids is 1. The number of aromatic nitrogens is 3. The van der Waals surface area contributed by atoms with Gasteiger partial charge in [0.15, 0.2) is 5.69 Å². The summed E-state index contributed by atoms with van der Waals surface area (Å²) in [5, 5.41) is 17.0. The van der Waals surface area contributed by atoms with Gasteiger partial charge in [-0.1, -0.05) is 38.3 Å². The van der Waals surface area contributed by atoms with Gasteiger partial charge in [0.05, 0.1) is 12.3 Å². The molecular formula is C14H25N3O3. The van der Waals surface area contributed by atoms with Crippen molar-refractivity contribution in [1.29, 1.82) is 0 Å². The van der Waals surface area contributed by atoms with Gasteiger partial charge in [-0.25, -0.2) is 9.48 Å². The minimum Gasteiger partial charge on any atom is -0.476 e. The molecule has 0 amide bonds. The highest BCUT2D eigenvalue weighted by molar-refractivity contribution is 5.86. The van der Waals surface area contributed by atoms with E-state index in [1.807, 2.05) is 0 Å². The van der Waals surface area contributed by atoms with E-state index < -0.39 is 5.97 Å². The van der Waals surface area contributed by atoms with Gasteiger partial charge in [0.25, 0.3) is 0 Å². The Morgan fingerprint density at radius 1 is 1.45 bits per heavy atom. The van der Waals surface area contributed by atoms with Crippen LogP contribution in [-0.4, -0.2) is 39.8 Å². The Bertz CT molecular complexity index is 418. The van der Waals surface area contributed by atoms with E-state index in [1.54, 1.807) is 11.8 Å². The molecule has 0 saturated heterocycles. The number of rotatable bonds is 10. The van der Waals surface area contributed by atoms with Crippen LogP contribution in [0.15, 0.2) is 0 Å². The molecule has 1 N–H and O–H groups in total. The van der Waals surface area contributed by atoms with Crippen LogP contribution in [0.4, 0.5) is 0 Å². The first kappa shape index (κ1) is 16.6. The molecule has 6 nitrogen and oxygen atoms in total. The van der Waals surface area contributed by atoms with Crippen LogP contribution in [0.25, 0.3) is 0 Å². The second kappa shape index (κ2) is 8.68. The molecule has 6 heteroatoms. The predicted molar refractivity (Wildman–Crippen MR) is 75.9 cm³/mol. The zero-order valence-electron chi connectivity index (χ0n) is 12.6. The summed E-state index contributed by atoms with van der Waals surface area (Å²) >= 11 is 0. The molecule has 1 aromatic heterocycles. The second-order valence-corrected chi connectivity index (χ2v) is 5.03. The maximum atomic E-state index is 11.2. The minimum atomic E-state index is -1.02. The van der Waals surface area contributed by atoms with E-state index in [9.17, 15) is 4.79 Å². The number of hydrogen-bond acceptors (Lipinski definition) is 4. The van der Waals surface area contributed by atoms with Crippen molar-refractivity contribution < 1.29 is 14.6 Å². The maximum Gasteiger partial charge on any atom is 0.358 e. The Balaban J connectivity index is 2.84. The summed E-state index contributed by atoms with van der Waals surface area (Å²) in [6, 6.07) is 0. The molecule has 0 saturated carbocycles. The average Bonchev–Trinajstić information content (AvgIpc) is 2.83. The van der Waals surface area contributed by atoms with Gasteiger partial charge in [0.2, 0.25) is 0 Å². The Morgan fingerprint density at radius 2 is 2.20 bits per heavy atom. The van der Waals surface area contributed by atoms with Crippen LogP contribution >= 0.6 is 0 Å². The van der Waals surface area contributed by atoms with Crippen molar-refractivity contribution >= 4 is 5.97 Å². The van der Waals surface area contributed by atoms with Crippen molar-refractivity contribution in [3.63, 3.8) is 0 Å². The van der Waals surface area contributed by atoms with Crippen LogP contribution in [-0.2, 0) is 17.7 Å². The summed E-state index contributed by atoms with van der Waals surface area (Å²) in [5.74, 6) is -0.511. The van der Waals surface area contributed by atoms with Crippen LogP contribution in [0.5, 0.6) is 0 Å². The third-order valence-electron chi connectivity index (χ3n) is 3.56. The van der Waals surface area contributed by atoms with Gasteiger partial charge in [0.1, 0.15) is 0 Å². The number of methoxy groups -OCH3 is 1. The maximum absolute atomic E-state index is 11.2. The molecular weight excluding hydrogens is 258 g/mol. The van der Waals surface area contributed by atoms with Gasteiger partial charge < -0.3 is 9.84 Å². The molecule has 0 aliphatic heterocycles. The average molecular weight is 283 g/mol. The second-order valence-electron chi connectivity index (χ2n) is 5.03. The van der Waals surface area contributed by atoms with Gasteiger partial charge in [0, 0.05) is 20.1 Å². The lowest BCUT2D eigenvalue weighted by Gasteiger charge is -2.15. The lowest BCUT2D eigenvalue weighted by Crippen LogP contribution is -2.16. The smallest absolute Gasteiger partial charge is 0.358 e. The van der Waals surface area contributed by atoms with Crippen molar-refractivity contribution in [3.8, 4) is 0 Å². The summed E-state index contributed by atoms with van der Waals surface area (Å²) in [5.41, 5.74) is 0.710. The van der Waals surface area contributed by atoms with E-state index in [4.69, 9.17) is 9.84 Å². The Kier molecular flexibility index (Phi) is 7.22. The van der Waals surface area contributed by atoms with Gasteiger partial charge in [-0.05, 0) is 12.3 Å². The van der Waals surface area contributed by atoms with E-state index in [0.717, 1.165) is 19.4 Å². The normalized spacial score (nSPS) is 12.6. The van der Waals surface area contributed by atoms with Crippen LogP contribution in [0.2, 0.25) is 0 Å². The van der Waals surface area contributed by atoms with Crippen LogP contribution < -0.4 is 0 Å². The molecule has 0 aliphatic carbocycles. The zero-order valence-corrected chi connectivity index (χ0v) is 12.6. The minimum absolute atomic E-state index is 0.0485. The Labute approximate surface area is 120 Å². The molecule has 0 aliphatic rings. The number of ether oxygens (including phenoxy) is 1. The van der Waals surface area contributed by atoms with Crippen LogP contribution in [0.1, 0.15) is 55.7 Å². The molecule has 0 radical (unpaired) electrons. The van der Waals surface area contributed by atoms with E-state index in [-0.39, 0.29) is 5.69 Å². The van der Waals surface area contributed by atoms with E-state index in [1.165, 1.54) is 12.8 Å². The molecule has 0 spiro atoms. The fourth-order valence-corrected chi connectivity index (χ4v) is 2.25. The SMILES string of the molecule is CCCCC(CC)Cn1nnc(C(=O)O)c1CCOC. The number of carboxylic acid groups (broad SMARTS) is 1.